The highest BCUT2D eigenvalue weighted by molar-refractivity contribution is 7.17. The van der Waals surface area contributed by atoms with Crippen LogP contribution in [0.5, 0.6) is 0 Å². The van der Waals surface area contributed by atoms with Gasteiger partial charge in [0.1, 0.15) is 10.6 Å². The molecule has 88 valence electrons. The fourth-order valence-electron chi connectivity index (χ4n) is 0.835. The molecule has 0 unspecified atom stereocenters. The smallest absolute Gasteiger partial charge is 0.412 e. The minimum Gasteiger partial charge on any atom is -0.476 e. The summed E-state index contributed by atoms with van der Waals surface area (Å²) >= 11 is 0.873. The molecule has 0 aliphatic carbocycles. The van der Waals surface area contributed by atoms with E-state index in [1.54, 1.807) is 20.8 Å². The molecule has 6 nitrogen and oxygen atoms in total. The van der Waals surface area contributed by atoms with Crippen molar-refractivity contribution >= 4 is 28.4 Å². The van der Waals surface area contributed by atoms with Crippen LogP contribution in [0, 0.1) is 0 Å². The maximum absolute atomic E-state index is 11.3. The summed E-state index contributed by atoms with van der Waals surface area (Å²) in [5.41, 5.74) is -0.593. The van der Waals surface area contributed by atoms with Gasteiger partial charge in [0.2, 0.25) is 5.01 Å². The second-order valence-corrected chi connectivity index (χ2v) is 4.99. The van der Waals surface area contributed by atoms with Crippen LogP contribution in [0.1, 0.15) is 30.6 Å². The number of carbonyl (C=O) groups is 2. The highest BCUT2D eigenvalue weighted by Gasteiger charge is 2.17. The van der Waals surface area contributed by atoms with Gasteiger partial charge in [-0.1, -0.05) is 11.3 Å². The summed E-state index contributed by atoms with van der Waals surface area (Å²) in [6, 6.07) is 0. The van der Waals surface area contributed by atoms with Crippen molar-refractivity contribution in [3.8, 4) is 0 Å². The molecule has 2 N–H and O–H groups in total. The van der Waals surface area contributed by atoms with E-state index in [9.17, 15) is 9.59 Å². The second-order valence-electron chi connectivity index (χ2n) is 3.96. The Hall–Kier alpha value is -1.63. The number of aromatic carboxylic acids is 1. The predicted octanol–water partition coefficient (Wildman–Crippen LogP) is 2.19. The first-order valence-electron chi connectivity index (χ1n) is 4.47. The van der Waals surface area contributed by atoms with Crippen molar-refractivity contribution in [3.63, 3.8) is 0 Å². The van der Waals surface area contributed by atoms with Gasteiger partial charge in [0.05, 0.1) is 6.20 Å². The van der Waals surface area contributed by atoms with E-state index in [1.807, 2.05) is 0 Å². The zero-order chi connectivity index (χ0) is 12.3. The van der Waals surface area contributed by atoms with Crippen LogP contribution in [-0.2, 0) is 4.74 Å². The molecule has 0 aliphatic rings. The highest BCUT2D eigenvalue weighted by Crippen LogP contribution is 2.19. The monoisotopic (exact) mass is 244 g/mol. The Morgan fingerprint density at radius 1 is 1.50 bits per heavy atom. The van der Waals surface area contributed by atoms with Crippen molar-refractivity contribution in [2.24, 2.45) is 0 Å². The molecule has 1 rings (SSSR count). The molecule has 0 radical (unpaired) electrons. The van der Waals surface area contributed by atoms with Crippen molar-refractivity contribution in [1.29, 1.82) is 0 Å². The van der Waals surface area contributed by atoms with Crippen LogP contribution in [0.2, 0.25) is 0 Å². The fraction of sp³-hybridized carbons (Fsp3) is 0.444. The van der Waals surface area contributed by atoms with E-state index >= 15 is 0 Å². The van der Waals surface area contributed by atoms with E-state index in [0.717, 1.165) is 11.3 Å². The first-order valence-corrected chi connectivity index (χ1v) is 5.29. The maximum atomic E-state index is 11.3. The first kappa shape index (κ1) is 12.4. The number of hydrogen-bond acceptors (Lipinski definition) is 5. The summed E-state index contributed by atoms with van der Waals surface area (Å²) in [7, 11) is 0. The topological polar surface area (TPSA) is 88.5 Å². The summed E-state index contributed by atoms with van der Waals surface area (Å²) in [5, 5.41) is 11.3. The molecule has 1 amide bonds. The Morgan fingerprint density at radius 2 is 2.12 bits per heavy atom. The van der Waals surface area contributed by atoms with Gasteiger partial charge in [-0.15, -0.1) is 0 Å². The number of amides is 1. The lowest BCUT2D eigenvalue weighted by molar-refractivity contribution is 0.0634. The number of carboxylic acid groups (broad SMARTS) is 1. The number of carboxylic acids is 1. The number of ether oxygens (including phenoxy) is 1. The number of hydrogen-bond donors (Lipinski definition) is 2. The molecule has 0 saturated carbocycles. The minimum absolute atomic E-state index is 0.0777. The average molecular weight is 244 g/mol. The molecule has 0 aromatic carbocycles. The molecule has 0 saturated heterocycles. The number of carbonyl (C=O) groups excluding carboxylic acids is 1. The molecule has 0 atom stereocenters. The van der Waals surface area contributed by atoms with Gasteiger partial charge in [-0.3, -0.25) is 5.32 Å². The lowest BCUT2D eigenvalue weighted by Gasteiger charge is -2.19. The largest absolute Gasteiger partial charge is 0.476 e. The quantitative estimate of drug-likeness (QED) is 0.832. The van der Waals surface area contributed by atoms with Crippen molar-refractivity contribution in [2.45, 2.75) is 26.4 Å². The third-order valence-corrected chi connectivity index (χ3v) is 2.21. The second kappa shape index (κ2) is 4.48. The number of nitrogens with one attached hydrogen (secondary N) is 1. The summed E-state index contributed by atoms with van der Waals surface area (Å²) in [6.07, 6.45) is 0.644. The maximum Gasteiger partial charge on any atom is 0.412 e. The summed E-state index contributed by atoms with van der Waals surface area (Å²) in [4.78, 5) is 25.5. The molecule has 0 aliphatic heterocycles. The number of thiazole rings is 1. The third kappa shape index (κ3) is 3.85. The fourth-order valence-corrected chi connectivity index (χ4v) is 1.48. The van der Waals surface area contributed by atoms with Gasteiger partial charge < -0.3 is 9.84 Å². The van der Waals surface area contributed by atoms with Crippen molar-refractivity contribution in [2.75, 3.05) is 5.32 Å². The molecular formula is C9H12N2O4S. The zero-order valence-electron chi connectivity index (χ0n) is 9.10. The van der Waals surface area contributed by atoms with Gasteiger partial charge in [-0.05, 0) is 20.8 Å². The van der Waals surface area contributed by atoms with E-state index in [-0.39, 0.29) is 5.01 Å². The Kier molecular flexibility index (Phi) is 3.48. The van der Waals surface area contributed by atoms with Gasteiger partial charge in [0, 0.05) is 0 Å². The van der Waals surface area contributed by atoms with E-state index in [2.05, 4.69) is 10.3 Å². The Balaban J connectivity index is 2.60. The Labute approximate surface area is 96.3 Å². The lowest BCUT2D eigenvalue weighted by Crippen LogP contribution is -2.26. The molecule has 16 heavy (non-hydrogen) atoms. The van der Waals surface area contributed by atoms with E-state index in [0.29, 0.717) is 5.00 Å². The Morgan fingerprint density at radius 3 is 2.56 bits per heavy atom. The molecule has 7 heteroatoms. The van der Waals surface area contributed by atoms with Gasteiger partial charge in [-0.25, -0.2) is 14.6 Å². The summed E-state index contributed by atoms with van der Waals surface area (Å²) < 4.78 is 4.99. The van der Waals surface area contributed by atoms with Gasteiger partial charge in [0.15, 0.2) is 0 Å². The van der Waals surface area contributed by atoms with Crippen LogP contribution in [-0.4, -0.2) is 27.8 Å². The van der Waals surface area contributed by atoms with Crippen LogP contribution in [0.25, 0.3) is 0 Å². The third-order valence-electron chi connectivity index (χ3n) is 1.31. The molecule has 1 aromatic heterocycles. The first-order chi connectivity index (χ1) is 7.28. The number of anilines is 1. The van der Waals surface area contributed by atoms with Crippen LogP contribution >= 0.6 is 11.3 Å². The number of rotatable bonds is 2. The summed E-state index contributed by atoms with van der Waals surface area (Å²) in [5.74, 6) is -1.12. The summed E-state index contributed by atoms with van der Waals surface area (Å²) in [6.45, 7) is 5.21. The lowest BCUT2D eigenvalue weighted by atomic mass is 10.2. The average Bonchev–Trinajstić information content (AvgIpc) is 2.48. The predicted molar refractivity (Wildman–Crippen MR) is 58.9 cm³/mol. The van der Waals surface area contributed by atoms with Crippen molar-refractivity contribution in [3.05, 3.63) is 11.2 Å². The molecular weight excluding hydrogens is 232 g/mol. The standard InChI is InChI=1S/C9H12N2O4S/c1-9(2,3)15-8(14)11-5-4-10-6(16-5)7(12)13/h4H,1-3H3,(H,11,14)(H,12,13). The van der Waals surface area contributed by atoms with Crippen LogP contribution in [0.3, 0.4) is 0 Å². The van der Waals surface area contributed by atoms with Crippen LogP contribution < -0.4 is 5.32 Å². The van der Waals surface area contributed by atoms with Gasteiger partial charge in [0.25, 0.3) is 0 Å². The Bertz CT molecular complexity index is 408. The van der Waals surface area contributed by atoms with E-state index in [1.165, 1.54) is 6.20 Å². The molecule has 1 aromatic rings. The molecule has 0 fully saturated rings. The molecule has 0 bridgehead atoms. The highest BCUT2D eigenvalue weighted by atomic mass is 32.1. The molecule has 0 spiro atoms. The van der Waals surface area contributed by atoms with Gasteiger partial charge in [-0.2, -0.15) is 0 Å². The van der Waals surface area contributed by atoms with Crippen LogP contribution in [0.4, 0.5) is 9.80 Å². The van der Waals surface area contributed by atoms with Crippen molar-refractivity contribution in [1.82, 2.24) is 4.98 Å². The van der Waals surface area contributed by atoms with Crippen LogP contribution in [0.15, 0.2) is 6.20 Å². The van der Waals surface area contributed by atoms with E-state index in [4.69, 9.17) is 9.84 Å². The van der Waals surface area contributed by atoms with Gasteiger partial charge >= 0.3 is 12.1 Å². The minimum atomic E-state index is -1.12. The number of nitrogens with zero attached hydrogens (tertiary/aromatic N) is 1. The number of aromatic nitrogens is 1. The zero-order valence-corrected chi connectivity index (χ0v) is 9.92. The van der Waals surface area contributed by atoms with E-state index < -0.39 is 17.7 Å². The SMILES string of the molecule is CC(C)(C)OC(=O)Nc1cnc(C(=O)O)s1. The van der Waals surface area contributed by atoms with Crippen molar-refractivity contribution < 1.29 is 19.4 Å². The molecule has 1 heterocycles. The normalized spacial score (nSPS) is 10.9.